The van der Waals surface area contributed by atoms with Crippen LogP contribution in [-0.2, 0) is 0 Å². The van der Waals surface area contributed by atoms with Gasteiger partial charge in [-0.2, -0.15) is 5.10 Å². The van der Waals surface area contributed by atoms with Crippen LogP contribution in [0.3, 0.4) is 0 Å². The lowest BCUT2D eigenvalue weighted by Crippen LogP contribution is -2.21. The van der Waals surface area contributed by atoms with Crippen LogP contribution in [0.25, 0.3) is 10.8 Å². The molecule has 0 bridgehead atoms. The molecule has 0 spiro atoms. The van der Waals surface area contributed by atoms with E-state index in [2.05, 4.69) is 15.8 Å². The summed E-state index contributed by atoms with van der Waals surface area (Å²) in [7, 11) is 0. The maximum absolute atomic E-state index is 12.7. The van der Waals surface area contributed by atoms with Crippen molar-refractivity contribution in [2.75, 3.05) is 5.32 Å². The maximum atomic E-state index is 12.7. The van der Waals surface area contributed by atoms with Gasteiger partial charge in [-0.1, -0.05) is 72.8 Å². The Morgan fingerprint density at radius 3 is 2.27 bits per heavy atom. The summed E-state index contributed by atoms with van der Waals surface area (Å²) in [4.78, 5) is 25.1. The SMILES string of the molecule is O=C(Nc1ccccc1C(=O)NN=Cc1cccc2ccccc12)c1ccccc1. The predicted molar refractivity (Wildman–Crippen MR) is 120 cm³/mol. The highest BCUT2D eigenvalue weighted by Crippen LogP contribution is 2.18. The van der Waals surface area contributed by atoms with Crippen LogP contribution in [0.15, 0.2) is 102 Å². The Bertz CT molecular complexity index is 1230. The van der Waals surface area contributed by atoms with E-state index in [4.69, 9.17) is 0 Å². The van der Waals surface area contributed by atoms with E-state index in [0.29, 0.717) is 16.8 Å². The molecule has 30 heavy (non-hydrogen) atoms. The molecular weight excluding hydrogens is 374 g/mol. The molecule has 0 radical (unpaired) electrons. The smallest absolute Gasteiger partial charge is 0.273 e. The van der Waals surface area contributed by atoms with E-state index in [9.17, 15) is 9.59 Å². The fourth-order valence-corrected chi connectivity index (χ4v) is 3.16. The number of hydrazone groups is 1. The molecule has 0 saturated heterocycles. The summed E-state index contributed by atoms with van der Waals surface area (Å²) in [5.41, 5.74) is 4.71. The molecule has 5 heteroatoms. The van der Waals surface area contributed by atoms with Gasteiger partial charge < -0.3 is 5.32 Å². The van der Waals surface area contributed by atoms with Crippen molar-refractivity contribution in [3.8, 4) is 0 Å². The highest BCUT2D eigenvalue weighted by molar-refractivity contribution is 6.09. The zero-order valence-corrected chi connectivity index (χ0v) is 16.1. The fraction of sp³-hybridized carbons (Fsp3) is 0. The Labute approximate surface area is 174 Å². The lowest BCUT2D eigenvalue weighted by Gasteiger charge is -2.10. The topological polar surface area (TPSA) is 70.6 Å². The monoisotopic (exact) mass is 393 g/mol. The average molecular weight is 393 g/mol. The van der Waals surface area contributed by atoms with Gasteiger partial charge in [-0.25, -0.2) is 5.43 Å². The first-order valence-corrected chi connectivity index (χ1v) is 9.49. The third-order valence-corrected chi connectivity index (χ3v) is 4.65. The molecule has 5 nitrogen and oxygen atoms in total. The van der Waals surface area contributed by atoms with Crippen molar-refractivity contribution in [2.24, 2.45) is 5.10 Å². The van der Waals surface area contributed by atoms with Gasteiger partial charge in [0.25, 0.3) is 11.8 Å². The molecular formula is C25H19N3O2. The van der Waals surface area contributed by atoms with E-state index < -0.39 is 5.91 Å². The first kappa shape index (κ1) is 19.1. The van der Waals surface area contributed by atoms with E-state index in [1.807, 2.05) is 48.5 Å². The molecule has 0 heterocycles. The van der Waals surface area contributed by atoms with Gasteiger partial charge in [0.1, 0.15) is 0 Å². The van der Waals surface area contributed by atoms with E-state index in [-0.39, 0.29) is 5.91 Å². The van der Waals surface area contributed by atoms with E-state index >= 15 is 0 Å². The number of hydrogen-bond acceptors (Lipinski definition) is 3. The summed E-state index contributed by atoms with van der Waals surface area (Å²) in [6.45, 7) is 0. The van der Waals surface area contributed by atoms with Crippen molar-refractivity contribution in [3.05, 3.63) is 114 Å². The second kappa shape index (κ2) is 8.84. The third-order valence-electron chi connectivity index (χ3n) is 4.65. The number of para-hydroxylation sites is 1. The van der Waals surface area contributed by atoms with E-state index in [0.717, 1.165) is 16.3 Å². The molecule has 0 aromatic heterocycles. The number of rotatable bonds is 5. The molecule has 0 aliphatic rings. The van der Waals surface area contributed by atoms with Crippen LogP contribution in [0.1, 0.15) is 26.3 Å². The Kier molecular flexibility index (Phi) is 5.62. The first-order chi connectivity index (χ1) is 14.7. The van der Waals surface area contributed by atoms with E-state index in [1.165, 1.54) is 0 Å². The zero-order valence-electron chi connectivity index (χ0n) is 16.1. The molecule has 0 aliphatic carbocycles. The van der Waals surface area contributed by atoms with Crippen LogP contribution >= 0.6 is 0 Å². The number of hydrogen-bond donors (Lipinski definition) is 2. The molecule has 0 atom stereocenters. The number of anilines is 1. The van der Waals surface area contributed by atoms with Crippen LogP contribution in [0.2, 0.25) is 0 Å². The van der Waals surface area contributed by atoms with Gasteiger partial charge in [-0.3, -0.25) is 9.59 Å². The van der Waals surface area contributed by atoms with Gasteiger partial charge >= 0.3 is 0 Å². The van der Waals surface area contributed by atoms with Crippen molar-refractivity contribution in [2.45, 2.75) is 0 Å². The van der Waals surface area contributed by atoms with Crippen molar-refractivity contribution in [3.63, 3.8) is 0 Å². The molecule has 4 aromatic carbocycles. The first-order valence-electron chi connectivity index (χ1n) is 9.49. The van der Waals surface area contributed by atoms with E-state index in [1.54, 1.807) is 54.7 Å². The van der Waals surface area contributed by atoms with Crippen LogP contribution in [0.5, 0.6) is 0 Å². The number of carbonyl (C=O) groups excluding carboxylic acids is 2. The number of fused-ring (bicyclic) bond motifs is 1. The van der Waals surface area contributed by atoms with Gasteiger partial charge in [0.15, 0.2) is 0 Å². The standard InChI is InChI=1S/C25H19N3O2/c29-24(19-10-2-1-3-11-19)27-23-16-7-6-15-22(23)25(30)28-26-17-20-13-8-12-18-9-4-5-14-21(18)20/h1-17H,(H,27,29)(H,28,30). The van der Waals surface area contributed by atoms with Crippen molar-refractivity contribution < 1.29 is 9.59 Å². The molecule has 4 rings (SSSR count). The van der Waals surface area contributed by atoms with Gasteiger partial charge in [0.05, 0.1) is 17.5 Å². The predicted octanol–water partition coefficient (Wildman–Crippen LogP) is 4.86. The van der Waals surface area contributed by atoms with Crippen molar-refractivity contribution in [1.82, 2.24) is 5.43 Å². The van der Waals surface area contributed by atoms with Crippen molar-refractivity contribution >= 4 is 34.5 Å². The van der Waals surface area contributed by atoms with Crippen molar-refractivity contribution in [1.29, 1.82) is 0 Å². The number of nitrogens with zero attached hydrogens (tertiary/aromatic N) is 1. The van der Waals surface area contributed by atoms with Gasteiger partial charge in [0.2, 0.25) is 0 Å². The normalized spacial score (nSPS) is 10.8. The highest BCUT2D eigenvalue weighted by atomic mass is 16.2. The molecule has 2 N–H and O–H groups in total. The zero-order chi connectivity index (χ0) is 20.8. The van der Waals surface area contributed by atoms with Crippen LogP contribution in [-0.4, -0.2) is 18.0 Å². The second-order valence-corrected chi connectivity index (χ2v) is 6.63. The summed E-state index contributed by atoms with van der Waals surface area (Å²) >= 11 is 0. The summed E-state index contributed by atoms with van der Waals surface area (Å²) < 4.78 is 0. The molecule has 0 aliphatic heterocycles. The molecule has 0 saturated carbocycles. The number of carbonyl (C=O) groups is 2. The average Bonchev–Trinajstić information content (AvgIpc) is 2.80. The lowest BCUT2D eigenvalue weighted by molar-refractivity contribution is 0.0956. The van der Waals surface area contributed by atoms with Gasteiger partial charge in [0, 0.05) is 11.1 Å². The summed E-state index contributed by atoms with van der Waals surface area (Å²) in [5.74, 6) is -0.689. The second-order valence-electron chi connectivity index (χ2n) is 6.63. The lowest BCUT2D eigenvalue weighted by atomic mass is 10.1. The van der Waals surface area contributed by atoms with Gasteiger partial charge in [-0.15, -0.1) is 0 Å². The Morgan fingerprint density at radius 2 is 1.40 bits per heavy atom. The fourth-order valence-electron chi connectivity index (χ4n) is 3.16. The number of amides is 2. The molecule has 4 aromatic rings. The number of nitrogens with one attached hydrogen (secondary N) is 2. The summed E-state index contributed by atoms with van der Waals surface area (Å²) in [6.07, 6.45) is 1.62. The Hall–Kier alpha value is -4.25. The van der Waals surface area contributed by atoms with Crippen LogP contribution in [0, 0.1) is 0 Å². The summed E-state index contributed by atoms with van der Waals surface area (Å²) in [5, 5.41) is 9.05. The maximum Gasteiger partial charge on any atom is 0.273 e. The quantitative estimate of drug-likeness (QED) is 0.376. The van der Waals surface area contributed by atoms with Crippen LogP contribution in [0.4, 0.5) is 5.69 Å². The summed E-state index contributed by atoms with van der Waals surface area (Å²) in [6, 6.07) is 29.5. The minimum Gasteiger partial charge on any atom is -0.321 e. The molecule has 0 fully saturated rings. The minimum absolute atomic E-state index is 0.282. The Morgan fingerprint density at radius 1 is 0.700 bits per heavy atom. The van der Waals surface area contributed by atoms with Gasteiger partial charge in [-0.05, 0) is 35.0 Å². The third kappa shape index (κ3) is 4.25. The largest absolute Gasteiger partial charge is 0.321 e. The molecule has 2 amide bonds. The Balaban J connectivity index is 1.50. The number of benzene rings is 4. The molecule has 0 unspecified atom stereocenters. The highest BCUT2D eigenvalue weighted by Gasteiger charge is 2.13. The van der Waals surface area contributed by atoms with Crippen LogP contribution < -0.4 is 10.7 Å². The molecule has 146 valence electrons. The minimum atomic E-state index is -0.407.